The molecule has 3 rings (SSSR count). The predicted octanol–water partition coefficient (Wildman–Crippen LogP) is 3.03. The fraction of sp³-hybridized carbons (Fsp3) is 0. The monoisotopic (exact) mass is 233 g/mol. The van der Waals surface area contributed by atoms with E-state index in [1.807, 2.05) is 30.3 Å². The van der Waals surface area contributed by atoms with Gasteiger partial charge in [-0.05, 0) is 35.0 Å². The zero-order valence-electron chi connectivity index (χ0n) is 9.64. The Kier molecular flexibility index (Phi) is 2.11. The van der Waals surface area contributed by atoms with Crippen LogP contribution >= 0.6 is 0 Å². The van der Waals surface area contributed by atoms with Crippen molar-refractivity contribution in [2.45, 2.75) is 0 Å². The molecule has 3 heteroatoms. The van der Waals surface area contributed by atoms with Crippen LogP contribution in [0.4, 0.5) is 11.4 Å². The minimum Gasteiger partial charge on any atom is -0.398 e. The van der Waals surface area contributed by atoms with Gasteiger partial charge in [0.1, 0.15) is 0 Å². The second-order valence-corrected chi connectivity index (χ2v) is 4.28. The highest BCUT2D eigenvalue weighted by molar-refractivity contribution is 6.14. The van der Waals surface area contributed by atoms with Gasteiger partial charge in [0.15, 0.2) is 0 Å². The first-order chi connectivity index (χ1) is 8.70. The van der Waals surface area contributed by atoms with E-state index in [0.29, 0.717) is 16.9 Å². The van der Waals surface area contributed by atoms with Crippen molar-refractivity contribution in [3.63, 3.8) is 0 Å². The Bertz CT molecular complexity index is 813. The molecule has 0 unspecified atom stereocenters. The molecule has 0 amide bonds. The second kappa shape index (κ2) is 3.64. The number of fused-ring (bicyclic) bond motifs is 2. The summed E-state index contributed by atoms with van der Waals surface area (Å²) in [4.78, 5) is 0. The second-order valence-electron chi connectivity index (χ2n) is 4.28. The average Bonchev–Trinajstić information content (AvgIpc) is 2.76. The van der Waals surface area contributed by atoms with Crippen LogP contribution < -0.4 is 11.5 Å². The summed E-state index contributed by atoms with van der Waals surface area (Å²) in [5.41, 5.74) is 14.0. The largest absolute Gasteiger partial charge is 0.398 e. The van der Waals surface area contributed by atoms with Crippen LogP contribution in [0.5, 0.6) is 0 Å². The van der Waals surface area contributed by atoms with E-state index in [1.165, 1.54) is 0 Å². The van der Waals surface area contributed by atoms with Gasteiger partial charge in [0.25, 0.3) is 0 Å². The molecule has 0 heterocycles. The Morgan fingerprint density at radius 2 is 1.78 bits per heavy atom. The van der Waals surface area contributed by atoms with Crippen molar-refractivity contribution in [2.24, 2.45) is 0 Å². The van der Waals surface area contributed by atoms with E-state index in [2.05, 4.69) is 6.07 Å². The number of hydrogen-bond acceptors (Lipinski definition) is 3. The summed E-state index contributed by atoms with van der Waals surface area (Å²) in [7, 11) is 0. The van der Waals surface area contributed by atoms with Crippen molar-refractivity contribution >= 4 is 32.9 Å². The lowest BCUT2D eigenvalue weighted by Crippen LogP contribution is -1.91. The normalized spacial score (nSPS) is 10.6. The molecule has 3 aromatic carbocycles. The van der Waals surface area contributed by atoms with Crippen LogP contribution in [0.3, 0.4) is 0 Å². The highest BCUT2D eigenvalue weighted by Gasteiger charge is 2.07. The summed E-state index contributed by atoms with van der Waals surface area (Å²) in [6, 6.07) is 15.3. The molecule has 0 aliphatic rings. The van der Waals surface area contributed by atoms with Gasteiger partial charge in [-0.3, -0.25) is 0 Å². The number of nitrogen functional groups attached to an aromatic ring is 2. The molecular weight excluding hydrogens is 222 g/mol. The molecule has 0 saturated heterocycles. The molecule has 3 aromatic rings. The molecule has 18 heavy (non-hydrogen) atoms. The van der Waals surface area contributed by atoms with Crippen molar-refractivity contribution in [3.05, 3.63) is 48.0 Å². The number of rotatable bonds is 0. The summed E-state index contributed by atoms with van der Waals surface area (Å²) in [5.74, 6) is 0. The van der Waals surface area contributed by atoms with Gasteiger partial charge < -0.3 is 11.5 Å². The van der Waals surface area contributed by atoms with E-state index in [9.17, 15) is 0 Å². The lowest BCUT2D eigenvalue weighted by atomic mass is 10.1. The quantitative estimate of drug-likeness (QED) is 0.586. The number of nitrogens with two attached hydrogens (primary N) is 2. The molecule has 0 aliphatic carbocycles. The standard InChI is InChI=1S/C15H11N3/c16-8-9-4-5-13(17)14-11(6-9)7-10-2-1-3-12(10)15(14)18/h1-7H,17-18H2. The first-order valence-electron chi connectivity index (χ1n) is 5.61. The summed E-state index contributed by atoms with van der Waals surface area (Å²) in [5, 5.41) is 12.8. The van der Waals surface area contributed by atoms with Gasteiger partial charge in [-0.1, -0.05) is 18.2 Å². The molecule has 4 N–H and O–H groups in total. The van der Waals surface area contributed by atoms with Crippen molar-refractivity contribution in [1.82, 2.24) is 0 Å². The molecule has 3 nitrogen and oxygen atoms in total. The maximum absolute atomic E-state index is 9.02. The van der Waals surface area contributed by atoms with Gasteiger partial charge >= 0.3 is 0 Å². The van der Waals surface area contributed by atoms with E-state index in [0.717, 1.165) is 21.5 Å². The molecule has 0 spiro atoms. The Hall–Kier alpha value is -2.73. The summed E-state index contributed by atoms with van der Waals surface area (Å²) < 4.78 is 0. The number of nitriles is 1. The highest BCUT2D eigenvalue weighted by Crippen LogP contribution is 2.34. The van der Waals surface area contributed by atoms with Crippen molar-refractivity contribution in [2.75, 3.05) is 11.5 Å². The zero-order chi connectivity index (χ0) is 12.7. The van der Waals surface area contributed by atoms with Crippen LogP contribution in [0, 0.1) is 11.3 Å². The molecule has 86 valence electrons. The van der Waals surface area contributed by atoms with Crippen molar-refractivity contribution in [3.8, 4) is 6.07 Å². The molecule has 0 saturated carbocycles. The highest BCUT2D eigenvalue weighted by atomic mass is 14.6. The van der Waals surface area contributed by atoms with Crippen molar-refractivity contribution in [1.29, 1.82) is 5.26 Å². The van der Waals surface area contributed by atoms with Gasteiger partial charge in [0.2, 0.25) is 0 Å². The van der Waals surface area contributed by atoms with Crippen LogP contribution in [-0.2, 0) is 0 Å². The first kappa shape index (κ1) is 10.4. The maximum Gasteiger partial charge on any atom is 0.0991 e. The molecule has 0 radical (unpaired) electrons. The molecular formula is C15H11N3. The third-order valence-corrected chi connectivity index (χ3v) is 3.18. The number of benzene rings is 1. The zero-order valence-corrected chi connectivity index (χ0v) is 9.64. The SMILES string of the molecule is N#Cc1ccc(N)c2c(N)c3cccc3cc2c1. The molecule has 0 aliphatic heterocycles. The topological polar surface area (TPSA) is 75.8 Å². The summed E-state index contributed by atoms with van der Waals surface area (Å²) >= 11 is 0. The number of nitrogens with zero attached hydrogens (tertiary/aromatic N) is 1. The fourth-order valence-corrected chi connectivity index (χ4v) is 2.32. The smallest absolute Gasteiger partial charge is 0.0991 e. The third-order valence-electron chi connectivity index (χ3n) is 3.18. The minimum absolute atomic E-state index is 0.571. The van der Waals surface area contributed by atoms with Gasteiger partial charge in [-0.25, -0.2) is 0 Å². The molecule has 0 aromatic heterocycles. The van der Waals surface area contributed by atoms with E-state index < -0.39 is 0 Å². The van der Waals surface area contributed by atoms with E-state index in [1.54, 1.807) is 12.1 Å². The van der Waals surface area contributed by atoms with E-state index >= 15 is 0 Å². The van der Waals surface area contributed by atoms with E-state index in [4.69, 9.17) is 16.7 Å². The van der Waals surface area contributed by atoms with Crippen LogP contribution in [0.15, 0.2) is 42.5 Å². The van der Waals surface area contributed by atoms with E-state index in [-0.39, 0.29) is 0 Å². The molecule has 0 fully saturated rings. The van der Waals surface area contributed by atoms with Gasteiger partial charge in [0, 0.05) is 22.1 Å². The van der Waals surface area contributed by atoms with Crippen LogP contribution in [-0.4, -0.2) is 0 Å². The lowest BCUT2D eigenvalue weighted by molar-refractivity contribution is 1.50. The lowest BCUT2D eigenvalue weighted by Gasteiger charge is -2.04. The Morgan fingerprint density at radius 3 is 2.56 bits per heavy atom. The minimum atomic E-state index is 0.571. The van der Waals surface area contributed by atoms with Gasteiger partial charge in [-0.15, -0.1) is 0 Å². The van der Waals surface area contributed by atoms with Crippen LogP contribution in [0.1, 0.15) is 5.56 Å². The Balaban J connectivity index is 2.61. The molecule has 0 atom stereocenters. The summed E-state index contributed by atoms with van der Waals surface area (Å²) in [6.07, 6.45) is 0. The maximum atomic E-state index is 9.02. The Labute approximate surface area is 104 Å². The number of anilines is 2. The average molecular weight is 233 g/mol. The predicted molar refractivity (Wildman–Crippen MR) is 75.0 cm³/mol. The fourth-order valence-electron chi connectivity index (χ4n) is 2.32. The molecule has 0 bridgehead atoms. The van der Waals surface area contributed by atoms with Gasteiger partial charge in [0.05, 0.1) is 11.6 Å². The van der Waals surface area contributed by atoms with Crippen LogP contribution in [0.25, 0.3) is 21.5 Å². The van der Waals surface area contributed by atoms with Gasteiger partial charge in [-0.2, -0.15) is 5.26 Å². The van der Waals surface area contributed by atoms with Crippen molar-refractivity contribution < 1.29 is 0 Å². The number of hydrogen-bond donors (Lipinski definition) is 2. The van der Waals surface area contributed by atoms with Crippen LogP contribution in [0.2, 0.25) is 0 Å². The summed E-state index contributed by atoms with van der Waals surface area (Å²) in [6.45, 7) is 0. The first-order valence-corrected chi connectivity index (χ1v) is 5.61. The Morgan fingerprint density at radius 1 is 0.944 bits per heavy atom. The third kappa shape index (κ3) is 1.36.